The third-order valence-corrected chi connectivity index (χ3v) is 11.6. The lowest BCUT2D eigenvalue weighted by Gasteiger charge is -2.41. The van der Waals surface area contributed by atoms with Gasteiger partial charge in [-0.2, -0.15) is 0 Å². The molecule has 0 unspecified atom stereocenters. The molecule has 1 heterocycles. The summed E-state index contributed by atoms with van der Waals surface area (Å²) in [6.07, 6.45) is 0. The Hall–Kier alpha value is -1.97. The van der Waals surface area contributed by atoms with E-state index >= 15 is 0 Å². The number of amidine groups is 1. The number of anilines is 1. The van der Waals surface area contributed by atoms with E-state index in [-0.39, 0.29) is 23.2 Å². The molecule has 0 fully saturated rings. The van der Waals surface area contributed by atoms with Gasteiger partial charge in [-0.3, -0.25) is 0 Å². The summed E-state index contributed by atoms with van der Waals surface area (Å²) in [6.45, 7) is 13.3. The average molecular weight is 443 g/mol. The predicted molar refractivity (Wildman–Crippen MR) is 113 cm³/mol. The quantitative estimate of drug-likeness (QED) is 0.176. The summed E-state index contributed by atoms with van der Waals surface area (Å²) in [5, 5.41) is 23.3. The molecule has 0 atom stereocenters. The normalized spacial score (nSPS) is 13.0. The van der Waals surface area contributed by atoms with Gasteiger partial charge in [-0.1, -0.05) is 63.5 Å². The summed E-state index contributed by atoms with van der Waals surface area (Å²) in [7, 11) is -2.13. The maximum absolute atomic E-state index is 13.4. The number of nitrogens with zero attached hydrogens (tertiary/aromatic N) is 3. The van der Waals surface area contributed by atoms with Crippen LogP contribution in [0.15, 0.2) is 28.0 Å². The Morgan fingerprint density at radius 2 is 1.83 bits per heavy atom. The van der Waals surface area contributed by atoms with Crippen LogP contribution in [0.4, 0.5) is 10.1 Å². The van der Waals surface area contributed by atoms with Crippen LogP contribution in [0.25, 0.3) is 0 Å². The lowest BCUT2D eigenvalue weighted by atomic mass is 10.2. The van der Waals surface area contributed by atoms with E-state index in [1.165, 1.54) is 18.2 Å². The molecule has 0 saturated heterocycles. The van der Waals surface area contributed by atoms with Crippen molar-refractivity contribution in [3.05, 3.63) is 40.4 Å². The van der Waals surface area contributed by atoms with Crippen molar-refractivity contribution in [1.29, 1.82) is 0 Å². The van der Waals surface area contributed by atoms with Gasteiger partial charge < -0.3 is 15.0 Å². The Balaban J connectivity index is 2.25. The first-order chi connectivity index (χ1) is 13.6. The van der Waals surface area contributed by atoms with Crippen LogP contribution in [0.3, 0.4) is 0 Å². The fraction of sp³-hybridized carbons (Fsp3) is 0.526. The fourth-order valence-corrected chi connectivity index (χ4v) is 9.58. The summed E-state index contributed by atoms with van der Waals surface area (Å²) in [4.78, 5) is 0. The van der Waals surface area contributed by atoms with Gasteiger partial charge in [-0.05, 0) is 40.0 Å². The van der Waals surface area contributed by atoms with E-state index < -0.39 is 14.1 Å². The van der Waals surface area contributed by atoms with Crippen LogP contribution in [-0.2, 0) is 11.0 Å². The van der Waals surface area contributed by atoms with Crippen molar-refractivity contribution in [2.24, 2.45) is 5.16 Å². The Morgan fingerprint density at radius 1 is 1.21 bits per heavy atom. The van der Waals surface area contributed by atoms with Crippen LogP contribution in [0.1, 0.15) is 52.9 Å². The number of aromatic nitrogens is 2. The number of oxime groups is 1. The van der Waals surface area contributed by atoms with Crippen molar-refractivity contribution in [1.82, 2.24) is 10.3 Å². The van der Waals surface area contributed by atoms with E-state index in [1.54, 1.807) is 0 Å². The Morgan fingerprint density at radius 3 is 2.34 bits per heavy atom. The first-order valence-electron chi connectivity index (χ1n) is 9.53. The highest BCUT2D eigenvalue weighted by Crippen LogP contribution is 2.42. The summed E-state index contributed by atoms with van der Waals surface area (Å²) in [5.74, 6) is -0.548. The van der Waals surface area contributed by atoms with Crippen molar-refractivity contribution in [3.63, 3.8) is 0 Å². The lowest BCUT2D eigenvalue weighted by Crippen LogP contribution is -2.47. The largest absolute Gasteiger partial charge is 0.410 e. The summed E-state index contributed by atoms with van der Waals surface area (Å²) < 4.78 is 24.8. The first-order valence-corrected chi connectivity index (χ1v) is 12.0. The molecule has 2 aromatic rings. The van der Waals surface area contributed by atoms with Crippen LogP contribution in [0, 0.1) is 5.82 Å². The van der Waals surface area contributed by atoms with Gasteiger partial charge in [0.2, 0.25) is 14.2 Å². The zero-order valence-electron chi connectivity index (χ0n) is 17.5. The topological polar surface area (TPSA) is 92.8 Å². The minimum Gasteiger partial charge on any atom is -0.410 e. The van der Waals surface area contributed by atoms with E-state index in [4.69, 9.17) is 20.7 Å². The van der Waals surface area contributed by atoms with Gasteiger partial charge in [-0.15, -0.1) is 0 Å². The van der Waals surface area contributed by atoms with Gasteiger partial charge in [-0.25, -0.2) is 9.02 Å². The molecule has 160 valence electrons. The number of halogens is 2. The molecule has 0 aliphatic carbocycles. The second kappa shape index (κ2) is 9.68. The molecule has 0 aliphatic heterocycles. The highest BCUT2D eigenvalue weighted by Gasteiger charge is 2.45. The standard InChI is InChI=1S/C19H28ClFN4O3Si/c1-11(2)29(12(3)4,13(5)6)27-10-17-18(25-28-24-17)19(23-26)22-14-7-8-16(21)15(20)9-14/h7-9,11-13,26H,10H2,1-6H3,(H,22,23). The molecule has 0 amide bonds. The van der Waals surface area contributed by atoms with Crippen LogP contribution in [-0.4, -0.2) is 29.7 Å². The summed E-state index contributed by atoms with van der Waals surface area (Å²) in [6, 6.07) is 4.04. The van der Waals surface area contributed by atoms with Gasteiger partial charge in [0.1, 0.15) is 11.5 Å². The molecular weight excluding hydrogens is 415 g/mol. The van der Waals surface area contributed by atoms with Crippen molar-refractivity contribution < 1.29 is 18.7 Å². The molecule has 29 heavy (non-hydrogen) atoms. The predicted octanol–water partition coefficient (Wildman–Crippen LogP) is 5.80. The third-order valence-electron chi connectivity index (χ3n) is 5.23. The lowest BCUT2D eigenvalue weighted by molar-refractivity contribution is 0.246. The molecule has 1 aromatic carbocycles. The SMILES string of the molecule is CC(C)[Si](OCc1nonc1/C(=N\O)Nc1ccc(F)c(Cl)c1)(C(C)C)C(C)C. The summed E-state index contributed by atoms with van der Waals surface area (Å²) >= 11 is 5.81. The van der Waals surface area contributed by atoms with E-state index in [2.05, 4.69) is 62.3 Å². The minimum absolute atomic E-state index is 0.00145. The molecular formula is C19H28ClFN4O3Si. The maximum Gasteiger partial charge on any atom is 0.201 e. The Kier molecular flexibility index (Phi) is 7.78. The highest BCUT2D eigenvalue weighted by molar-refractivity contribution is 6.77. The maximum atomic E-state index is 13.4. The monoisotopic (exact) mass is 442 g/mol. The van der Waals surface area contributed by atoms with Gasteiger partial charge in [0.25, 0.3) is 0 Å². The zero-order chi connectivity index (χ0) is 21.8. The Bertz CT molecular complexity index is 836. The van der Waals surface area contributed by atoms with Gasteiger partial charge in [0.15, 0.2) is 5.69 Å². The van der Waals surface area contributed by atoms with Crippen LogP contribution >= 0.6 is 11.6 Å². The molecule has 7 nitrogen and oxygen atoms in total. The van der Waals surface area contributed by atoms with Crippen LogP contribution in [0.2, 0.25) is 21.6 Å². The van der Waals surface area contributed by atoms with Crippen LogP contribution < -0.4 is 5.32 Å². The van der Waals surface area contributed by atoms with Crippen LogP contribution in [0.5, 0.6) is 0 Å². The van der Waals surface area contributed by atoms with Crippen molar-refractivity contribution in [2.45, 2.75) is 64.8 Å². The molecule has 0 spiro atoms. The number of rotatable bonds is 8. The molecule has 0 aliphatic rings. The molecule has 10 heteroatoms. The molecule has 1 aromatic heterocycles. The van der Waals surface area contributed by atoms with Crippen molar-refractivity contribution >= 4 is 31.4 Å². The van der Waals surface area contributed by atoms with E-state index in [9.17, 15) is 9.60 Å². The van der Waals surface area contributed by atoms with Crippen molar-refractivity contribution in [2.75, 3.05) is 5.32 Å². The molecule has 0 bridgehead atoms. The molecule has 0 saturated carbocycles. The second-order valence-electron chi connectivity index (χ2n) is 7.87. The fourth-order valence-electron chi connectivity index (χ4n) is 4.02. The van der Waals surface area contributed by atoms with E-state index in [0.717, 1.165) is 0 Å². The molecule has 0 radical (unpaired) electrons. The number of nitrogens with one attached hydrogen (secondary N) is 1. The zero-order valence-corrected chi connectivity index (χ0v) is 19.3. The number of hydrogen-bond acceptors (Lipinski definition) is 6. The highest BCUT2D eigenvalue weighted by atomic mass is 35.5. The minimum atomic E-state index is -2.13. The van der Waals surface area contributed by atoms with Gasteiger partial charge in [0, 0.05) is 5.69 Å². The Labute approximate surface area is 176 Å². The molecule has 2 N–H and O–H groups in total. The van der Waals surface area contributed by atoms with Gasteiger partial charge in [0.05, 0.1) is 11.6 Å². The average Bonchev–Trinajstić information content (AvgIpc) is 3.10. The van der Waals surface area contributed by atoms with E-state index in [0.29, 0.717) is 28.0 Å². The first kappa shape index (κ1) is 23.3. The van der Waals surface area contributed by atoms with E-state index in [1.807, 2.05) is 0 Å². The van der Waals surface area contributed by atoms with Gasteiger partial charge >= 0.3 is 0 Å². The second-order valence-corrected chi connectivity index (χ2v) is 13.7. The van der Waals surface area contributed by atoms with Crippen molar-refractivity contribution in [3.8, 4) is 0 Å². The molecule has 2 rings (SSSR count). The smallest absolute Gasteiger partial charge is 0.201 e. The summed E-state index contributed by atoms with van der Waals surface area (Å²) in [5.41, 5.74) is 2.25. The number of benzene rings is 1. The number of hydrogen-bond donors (Lipinski definition) is 2. The third kappa shape index (κ3) is 4.96.